The van der Waals surface area contributed by atoms with Crippen LogP contribution in [0.2, 0.25) is 0 Å². The number of rotatable bonds is 4. The smallest absolute Gasteiger partial charge is 0.318 e. The zero-order valence-electron chi connectivity index (χ0n) is 13.9. The molecule has 0 aliphatic carbocycles. The lowest BCUT2D eigenvalue weighted by Gasteiger charge is -2.32. The van der Waals surface area contributed by atoms with Crippen molar-refractivity contribution in [1.29, 1.82) is 0 Å². The summed E-state index contributed by atoms with van der Waals surface area (Å²) in [6, 6.07) is 12.3. The SMILES string of the molecule is CC1C(=O)NCCN1C(=O)NCc1ccc(Oc2ccccc2)nc1. The fourth-order valence-corrected chi connectivity index (χ4v) is 2.52. The van der Waals surface area contributed by atoms with Crippen LogP contribution in [-0.2, 0) is 11.3 Å². The van der Waals surface area contributed by atoms with Crippen LogP contribution in [0.25, 0.3) is 0 Å². The molecule has 7 nitrogen and oxygen atoms in total. The van der Waals surface area contributed by atoms with Crippen LogP contribution in [0.3, 0.4) is 0 Å². The van der Waals surface area contributed by atoms with Gasteiger partial charge in [-0.05, 0) is 24.6 Å². The number of piperazine rings is 1. The molecule has 25 heavy (non-hydrogen) atoms. The average molecular weight is 340 g/mol. The molecule has 1 aromatic carbocycles. The van der Waals surface area contributed by atoms with E-state index in [1.807, 2.05) is 36.4 Å². The lowest BCUT2D eigenvalue weighted by Crippen LogP contribution is -2.58. The number of pyridine rings is 1. The maximum Gasteiger partial charge on any atom is 0.318 e. The highest BCUT2D eigenvalue weighted by Gasteiger charge is 2.28. The summed E-state index contributed by atoms with van der Waals surface area (Å²) in [5.41, 5.74) is 0.850. The van der Waals surface area contributed by atoms with Gasteiger partial charge in [0, 0.05) is 31.9 Å². The van der Waals surface area contributed by atoms with Crippen molar-refractivity contribution in [3.63, 3.8) is 0 Å². The average Bonchev–Trinajstić information content (AvgIpc) is 2.64. The van der Waals surface area contributed by atoms with Crippen LogP contribution in [0.1, 0.15) is 12.5 Å². The molecule has 2 aromatic rings. The molecular weight excluding hydrogens is 320 g/mol. The first-order valence-electron chi connectivity index (χ1n) is 8.13. The van der Waals surface area contributed by atoms with Crippen LogP contribution in [0.15, 0.2) is 48.7 Å². The van der Waals surface area contributed by atoms with Gasteiger partial charge in [0.1, 0.15) is 11.8 Å². The Bertz CT molecular complexity index is 734. The maximum absolute atomic E-state index is 12.2. The van der Waals surface area contributed by atoms with Gasteiger partial charge in [-0.2, -0.15) is 0 Å². The van der Waals surface area contributed by atoms with Gasteiger partial charge in [0.15, 0.2) is 0 Å². The molecule has 0 spiro atoms. The summed E-state index contributed by atoms with van der Waals surface area (Å²) >= 11 is 0. The predicted molar refractivity (Wildman–Crippen MR) is 92.2 cm³/mol. The van der Waals surface area contributed by atoms with Crippen molar-refractivity contribution in [2.24, 2.45) is 0 Å². The van der Waals surface area contributed by atoms with E-state index in [0.29, 0.717) is 31.3 Å². The molecule has 1 atom stereocenters. The van der Waals surface area contributed by atoms with Crippen LogP contribution < -0.4 is 15.4 Å². The van der Waals surface area contributed by atoms with Crippen molar-refractivity contribution >= 4 is 11.9 Å². The minimum atomic E-state index is -0.464. The highest BCUT2D eigenvalue weighted by molar-refractivity contribution is 5.87. The monoisotopic (exact) mass is 340 g/mol. The minimum absolute atomic E-state index is 0.134. The third-order valence-electron chi connectivity index (χ3n) is 3.97. The Morgan fingerprint density at radius 3 is 2.84 bits per heavy atom. The van der Waals surface area contributed by atoms with Crippen LogP contribution in [0, 0.1) is 0 Å². The van der Waals surface area contributed by atoms with Gasteiger partial charge >= 0.3 is 6.03 Å². The van der Waals surface area contributed by atoms with Gasteiger partial charge in [0.2, 0.25) is 11.8 Å². The number of urea groups is 1. The molecule has 1 aromatic heterocycles. The first-order chi connectivity index (χ1) is 12.1. The van der Waals surface area contributed by atoms with Crippen molar-refractivity contribution < 1.29 is 14.3 Å². The lowest BCUT2D eigenvalue weighted by atomic mass is 10.2. The van der Waals surface area contributed by atoms with E-state index in [-0.39, 0.29) is 11.9 Å². The first kappa shape index (κ1) is 16.8. The molecule has 1 saturated heterocycles. The van der Waals surface area contributed by atoms with Crippen molar-refractivity contribution in [3.8, 4) is 11.6 Å². The maximum atomic E-state index is 12.2. The van der Waals surface area contributed by atoms with Crippen molar-refractivity contribution in [1.82, 2.24) is 20.5 Å². The molecular formula is C18H20N4O3. The van der Waals surface area contributed by atoms with E-state index in [9.17, 15) is 9.59 Å². The molecule has 1 unspecified atom stereocenters. The number of nitrogens with one attached hydrogen (secondary N) is 2. The Labute approximate surface area is 146 Å². The van der Waals surface area contributed by atoms with E-state index in [4.69, 9.17) is 4.74 Å². The number of amides is 3. The molecule has 3 amide bonds. The summed E-state index contributed by atoms with van der Waals surface area (Å²) in [4.78, 5) is 29.6. The fraction of sp³-hybridized carbons (Fsp3) is 0.278. The largest absolute Gasteiger partial charge is 0.439 e. The second-order valence-corrected chi connectivity index (χ2v) is 5.74. The van der Waals surface area contributed by atoms with Gasteiger partial charge in [-0.1, -0.05) is 24.3 Å². The number of hydrogen-bond donors (Lipinski definition) is 2. The molecule has 0 saturated carbocycles. The van der Waals surface area contributed by atoms with Crippen LogP contribution >= 0.6 is 0 Å². The molecule has 130 valence electrons. The van der Waals surface area contributed by atoms with Crippen LogP contribution in [-0.4, -0.2) is 41.0 Å². The molecule has 0 radical (unpaired) electrons. The zero-order chi connectivity index (χ0) is 17.6. The summed E-state index contributed by atoms with van der Waals surface area (Å²) in [5.74, 6) is 1.07. The van der Waals surface area contributed by atoms with E-state index in [1.165, 1.54) is 4.90 Å². The van der Waals surface area contributed by atoms with Gasteiger partial charge in [0.05, 0.1) is 0 Å². The number of aromatic nitrogens is 1. The quantitative estimate of drug-likeness (QED) is 0.890. The van der Waals surface area contributed by atoms with E-state index in [0.717, 1.165) is 5.56 Å². The number of para-hydroxylation sites is 1. The van der Waals surface area contributed by atoms with Gasteiger partial charge < -0.3 is 20.3 Å². The second kappa shape index (κ2) is 7.65. The molecule has 2 heterocycles. The Hall–Kier alpha value is -3.09. The molecule has 1 aliphatic heterocycles. The second-order valence-electron chi connectivity index (χ2n) is 5.74. The summed E-state index contributed by atoms with van der Waals surface area (Å²) < 4.78 is 5.63. The third kappa shape index (κ3) is 4.26. The molecule has 1 fully saturated rings. The van der Waals surface area contributed by atoms with E-state index in [1.54, 1.807) is 19.2 Å². The zero-order valence-corrected chi connectivity index (χ0v) is 13.9. The number of hydrogen-bond acceptors (Lipinski definition) is 4. The summed E-state index contributed by atoms with van der Waals surface area (Å²) in [7, 11) is 0. The summed E-state index contributed by atoms with van der Waals surface area (Å²) in [5, 5.41) is 5.55. The van der Waals surface area contributed by atoms with Crippen LogP contribution in [0.4, 0.5) is 4.79 Å². The van der Waals surface area contributed by atoms with Crippen molar-refractivity contribution in [3.05, 3.63) is 54.2 Å². The number of nitrogens with zero attached hydrogens (tertiary/aromatic N) is 2. The molecule has 1 aliphatic rings. The van der Waals surface area contributed by atoms with E-state index >= 15 is 0 Å². The first-order valence-corrected chi connectivity index (χ1v) is 8.13. The minimum Gasteiger partial charge on any atom is -0.439 e. The van der Waals surface area contributed by atoms with Crippen LogP contribution in [0.5, 0.6) is 11.6 Å². The van der Waals surface area contributed by atoms with Gasteiger partial charge in [0.25, 0.3) is 0 Å². The van der Waals surface area contributed by atoms with E-state index in [2.05, 4.69) is 15.6 Å². The Kier molecular flexibility index (Phi) is 5.13. The normalized spacial score (nSPS) is 16.9. The van der Waals surface area contributed by atoms with E-state index < -0.39 is 6.04 Å². The third-order valence-corrected chi connectivity index (χ3v) is 3.97. The molecule has 7 heteroatoms. The van der Waals surface area contributed by atoms with Gasteiger partial charge in [-0.25, -0.2) is 9.78 Å². The molecule has 2 N–H and O–H groups in total. The topological polar surface area (TPSA) is 83.6 Å². The fourth-order valence-electron chi connectivity index (χ4n) is 2.52. The standard InChI is InChI=1S/C18H20N4O3/c1-13-17(23)19-9-10-22(13)18(24)21-12-14-7-8-16(20-11-14)25-15-5-3-2-4-6-15/h2-8,11,13H,9-10,12H2,1H3,(H,19,23)(H,21,24). The number of benzene rings is 1. The highest BCUT2D eigenvalue weighted by atomic mass is 16.5. The Morgan fingerprint density at radius 2 is 2.12 bits per heavy atom. The van der Waals surface area contributed by atoms with Gasteiger partial charge in [-0.3, -0.25) is 4.79 Å². The predicted octanol–water partition coefficient (Wildman–Crippen LogP) is 1.90. The highest BCUT2D eigenvalue weighted by Crippen LogP contribution is 2.18. The lowest BCUT2D eigenvalue weighted by molar-refractivity contribution is -0.126. The summed E-state index contributed by atoms with van der Waals surface area (Å²) in [6.07, 6.45) is 1.66. The Balaban J connectivity index is 1.53. The van der Waals surface area contributed by atoms with Gasteiger partial charge in [-0.15, -0.1) is 0 Å². The van der Waals surface area contributed by atoms with Crippen molar-refractivity contribution in [2.75, 3.05) is 13.1 Å². The molecule has 3 rings (SSSR count). The number of carbonyl (C=O) groups excluding carboxylic acids is 2. The number of carbonyl (C=O) groups is 2. The molecule has 0 bridgehead atoms. The number of ether oxygens (including phenoxy) is 1. The summed E-state index contributed by atoms with van der Waals surface area (Å²) in [6.45, 7) is 3.03. The Morgan fingerprint density at radius 1 is 1.32 bits per heavy atom. The van der Waals surface area contributed by atoms with Crippen molar-refractivity contribution in [2.45, 2.75) is 19.5 Å².